The minimum Gasteiger partial charge on any atom is -0.369 e. The molecule has 4 N–H and O–H groups in total. The van der Waals surface area contributed by atoms with Crippen LogP contribution in [0.3, 0.4) is 0 Å². The van der Waals surface area contributed by atoms with E-state index in [0.717, 1.165) is 5.69 Å². The summed E-state index contributed by atoms with van der Waals surface area (Å²) in [6.45, 7) is 0.502. The molecular weight excluding hydrogens is 156 g/mol. The number of carbonyl (C=O) groups excluding carboxylic acids is 1. The summed E-state index contributed by atoms with van der Waals surface area (Å²) in [5.74, 6) is 0.387. The lowest BCUT2D eigenvalue weighted by Crippen LogP contribution is -2.09. The fourth-order valence-corrected chi connectivity index (χ4v) is 0.738. The van der Waals surface area contributed by atoms with Gasteiger partial charge >= 0.3 is 0 Å². The SMILES string of the molecule is Nc1ncc(/C=C/CNC=O)[nH]1. The topological polar surface area (TPSA) is 83.8 Å². The molecule has 1 heterocycles. The highest BCUT2D eigenvalue weighted by Gasteiger charge is 1.89. The summed E-state index contributed by atoms with van der Waals surface area (Å²) >= 11 is 0. The van der Waals surface area contributed by atoms with Gasteiger partial charge in [0, 0.05) is 6.54 Å². The van der Waals surface area contributed by atoms with Crippen LogP contribution in [0, 0.1) is 0 Å². The van der Waals surface area contributed by atoms with Crippen molar-refractivity contribution in [3.8, 4) is 0 Å². The molecule has 0 aliphatic heterocycles. The summed E-state index contributed by atoms with van der Waals surface area (Å²) in [4.78, 5) is 16.4. The van der Waals surface area contributed by atoms with Crippen LogP contribution in [0.25, 0.3) is 6.08 Å². The Labute approximate surface area is 69.7 Å². The second kappa shape index (κ2) is 4.17. The van der Waals surface area contributed by atoms with Crippen LogP contribution in [-0.4, -0.2) is 22.9 Å². The van der Waals surface area contributed by atoms with Gasteiger partial charge in [-0.3, -0.25) is 4.79 Å². The zero-order chi connectivity index (χ0) is 8.81. The summed E-state index contributed by atoms with van der Waals surface area (Å²) in [5, 5.41) is 2.49. The number of nitrogens with one attached hydrogen (secondary N) is 2. The third-order valence-electron chi connectivity index (χ3n) is 1.23. The normalized spacial score (nSPS) is 10.3. The third kappa shape index (κ3) is 2.45. The third-order valence-corrected chi connectivity index (χ3v) is 1.23. The highest BCUT2D eigenvalue weighted by Crippen LogP contribution is 1.98. The molecule has 0 bridgehead atoms. The van der Waals surface area contributed by atoms with Crippen molar-refractivity contribution in [1.29, 1.82) is 0 Å². The molecule has 0 aliphatic rings. The van der Waals surface area contributed by atoms with Gasteiger partial charge in [0.25, 0.3) is 0 Å². The second-order valence-electron chi connectivity index (χ2n) is 2.15. The lowest BCUT2D eigenvalue weighted by molar-refractivity contribution is -0.109. The van der Waals surface area contributed by atoms with Gasteiger partial charge in [-0.25, -0.2) is 4.98 Å². The maximum Gasteiger partial charge on any atom is 0.207 e. The van der Waals surface area contributed by atoms with Crippen LogP contribution in [0.5, 0.6) is 0 Å². The first-order valence-corrected chi connectivity index (χ1v) is 3.47. The van der Waals surface area contributed by atoms with Crippen LogP contribution >= 0.6 is 0 Å². The van der Waals surface area contributed by atoms with Crippen LogP contribution in [0.15, 0.2) is 12.3 Å². The zero-order valence-corrected chi connectivity index (χ0v) is 6.45. The molecule has 0 unspecified atom stereocenters. The van der Waals surface area contributed by atoms with Gasteiger partial charge in [-0.1, -0.05) is 6.08 Å². The quantitative estimate of drug-likeness (QED) is 0.426. The number of anilines is 1. The Morgan fingerprint density at radius 1 is 1.75 bits per heavy atom. The summed E-state index contributed by atoms with van der Waals surface area (Å²) in [6, 6.07) is 0. The van der Waals surface area contributed by atoms with Gasteiger partial charge in [-0.05, 0) is 6.08 Å². The molecule has 1 rings (SSSR count). The molecule has 0 fully saturated rings. The predicted octanol–water partition coefficient (Wildman–Crippen LogP) is -0.249. The molecule has 1 aromatic heterocycles. The molecular formula is C7H10N4O. The van der Waals surface area contributed by atoms with E-state index >= 15 is 0 Å². The second-order valence-corrected chi connectivity index (χ2v) is 2.15. The molecule has 0 atom stereocenters. The molecule has 0 aromatic carbocycles. The number of nitrogens with two attached hydrogens (primary N) is 1. The standard InChI is InChI=1S/C7H10N4O/c8-7-10-4-6(11-7)2-1-3-9-5-12/h1-2,4-5H,3H2,(H,9,12)(H3,8,10,11)/b2-1+. The first-order valence-electron chi connectivity index (χ1n) is 3.47. The molecule has 0 saturated carbocycles. The van der Waals surface area contributed by atoms with Crippen molar-refractivity contribution < 1.29 is 4.79 Å². The molecule has 5 nitrogen and oxygen atoms in total. The first kappa shape index (κ1) is 8.32. The van der Waals surface area contributed by atoms with E-state index in [1.165, 1.54) is 0 Å². The van der Waals surface area contributed by atoms with Crippen molar-refractivity contribution in [3.05, 3.63) is 18.0 Å². The van der Waals surface area contributed by atoms with Gasteiger partial charge in [0.2, 0.25) is 6.41 Å². The number of aromatic nitrogens is 2. The molecule has 1 amide bonds. The fraction of sp³-hybridized carbons (Fsp3) is 0.143. The lowest BCUT2D eigenvalue weighted by Gasteiger charge is -1.87. The summed E-state index contributed by atoms with van der Waals surface area (Å²) in [7, 11) is 0. The fourth-order valence-electron chi connectivity index (χ4n) is 0.738. The Morgan fingerprint density at radius 2 is 2.58 bits per heavy atom. The summed E-state index contributed by atoms with van der Waals surface area (Å²) in [6.07, 6.45) is 5.85. The van der Waals surface area contributed by atoms with Crippen LogP contribution < -0.4 is 11.1 Å². The number of nitrogens with zero attached hydrogens (tertiary/aromatic N) is 1. The summed E-state index contributed by atoms with van der Waals surface area (Å²) in [5.41, 5.74) is 6.16. The number of amides is 1. The number of carbonyl (C=O) groups is 1. The summed E-state index contributed by atoms with van der Waals surface area (Å²) < 4.78 is 0. The van der Waals surface area contributed by atoms with Gasteiger partial charge < -0.3 is 16.0 Å². The number of hydrogen-bond donors (Lipinski definition) is 3. The van der Waals surface area contributed by atoms with Crippen molar-refractivity contribution in [2.75, 3.05) is 12.3 Å². The number of rotatable bonds is 4. The molecule has 0 aliphatic carbocycles. The van der Waals surface area contributed by atoms with Crippen molar-refractivity contribution in [3.63, 3.8) is 0 Å². The minimum absolute atomic E-state index is 0.387. The molecule has 0 saturated heterocycles. The Bertz CT molecular complexity index is 279. The smallest absolute Gasteiger partial charge is 0.207 e. The van der Waals surface area contributed by atoms with Crippen LogP contribution in [-0.2, 0) is 4.79 Å². The highest BCUT2D eigenvalue weighted by molar-refractivity contribution is 5.49. The van der Waals surface area contributed by atoms with E-state index < -0.39 is 0 Å². The van der Waals surface area contributed by atoms with Crippen molar-refractivity contribution in [1.82, 2.24) is 15.3 Å². The van der Waals surface area contributed by atoms with E-state index in [4.69, 9.17) is 5.73 Å². The van der Waals surface area contributed by atoms with Gasteiger partial charge in [0.15, 0.2) is 5.95 Å². The molecule has 0 radical (unpaired) electrons. The monoisotopic (exact) mass is 166 g/mol. The largest absolute Gasteiger partial charge is 0.369 e. The van der Waals surface area contributed by atoms with Gasteiger partial charge in [0.1, 0.15) is 0 Å². The Morgan fingerprint density at radius 3 is 3.17 bits per heavy atom. The average Bonchev–Trinajstić information content (AvgIpc) is 2.45. The van der Waals surface area contributed by atoms with Crippen molar-refractivity contribution in [2.24, 2.45) is 0 Å². The Balaban J connectivity index is 2.40. The maximum atomic E-state index is 9.84. The van der Waals surface area contributed by atoms with Crippen molar-refractivity contribution in [2.45, 2.75) is 0 Å². The number of nitrogen functional groups attached to an aromatic ring is 1. The van der Waals surface area contributed by atoms with Gasteiger partial charge in [-0.15, -0.1) is 0 Å². The average molecular weight is 166 g/mol. The van der Waals surface area contributed by atoms with E-state index in [0.29, 0.717) is 18.9 Å². The predicted molar refractivity (Wildman–Crippen MR) is 46.1 cm³/mol. The molecule has 12 heavy (non-hydrogen) atoms. The number of aromatic amines is 1. The molecule has 64 valence electrons. The lowest BCUT2D eigenvalue weighted by atomic mass is 10.4. The minimum atomic E-state index is 0.387. The van der Waals surface area contributed by atoms with Crippen LogP contribution in [0.1, 0.15) is 5.69 Å². The molecule has 5 heteroatoms. The molecule has 1 aromatic rings. The van der Waals surface area contributed by atoms with Gasteiger partial charge in [-0.2, -0.15) is 0 Å². The highest BCUT2D eigenvalue weighted by atomic mass is 16.1. The van der Waals surface area contributed by atoms with Gasteiger partial charge in [0.05, 0.1) is 11.9 Å². The number of hydrogen-bond acceptors (Lipinski definition) is 3. The van der Waals surface area contributed by atoms with E-state index in [9.17, 15) is 4.79 Å². The van der Waals surface area contributed by atoms with E-state index in [1.807, 2.05) is 0 Å². The maximum absolute atomic E-state index is 9.84. The van der Waals surface area contributed by atoms with Crippen LogP contribution in [0.2, 0.25) is 0 Å². The Kier molecular flexibility index (Phi) is 2.89. The zero-order valence-electron chi connectivity index (χ0n) is 6.45. The first-order chi connectivity index (χ1) is 5.83. The Hall–Kier alpha value is -1.78. The van der Waals surface area contributed by atoms with E-state index in [-0.39, 0.29) is 0 Å². The van der Waals surface area contributed by atoms with Crippen LogP contribution in [0.4, 0.5) is 5.95 Å². The van der Waals surface area contributed by atoms with E-state index in [1.54, 1.807) is 18.3 Å². The molecule has 0 spiro atoms. The number of H-pyrrole nitrogens is 1. The van der Waals surface area contributed by atoms with E-state index in [2.05, 4.69) is 15.3 Å². The van der Waals surface area contributed by atoms with Crippen molar-refractivity contribution >= 4 is 18.4 Å². The number of imidazole rings is 1.